The molecular weight excluding hydrogens is 268 g/mol. The average Bonchev–Trinajstić information content (AvgIpc) is 2.32. The Morgan fingerprint density at radius 1 is 1.16 bits per heavy atom. The minimum atomic E-state index is -0.00945. The van der Waals surface area contributed by atoms with Gasteiger partial charge in [0.2, 0.25) is 11.2 Å². The molecule has 1 heterocycles. The maximum atomic E-state index is 8.66. The SMILES string of the molecule is CC(C)Oc1nc(Cl)nc(NCCCCCCO)n1. The van der Waals surface area contributed by atoms with E-state index in [0.29, 0.717) is 5.95 Å². The van der Waals surface area contributed by atoms with E-state index >= 15 is 0 Å². The van der Waals surface area contributed by atoms with Crippen LogP contribution in [0.4, 0.5) is 5.95 Å². The highest BCUT2D eigenvalue weighted by Crippen LogP contribution is 2.12. The van der Waals surface area contributed by atoms with Gasteiger partial charge in [-0.3, -0.25) is 0 Å². The van der Waals surface area contributed by atoms with Crippen molar-refractivity contribution in [3.05, 3.63) is 5.28 Å². The smallest absolute Gasteiger partial charge is 0.322 e. The van der Waals surface area contributed by atoms with Crippen molar-refractivity contribution in [3.63, 3.8) is 0 Å². The minimum Gasteiger partial charge on any atom is -0.461 e. The number of hydrogen-bond donors (Lipinski definition) is 2. The van der Waals surface area contributed by atoms with Crippen LogP contribution in [0.5, 0.6) is 6.01 Å². The molecule has 6 nitrogen and oxygen atoms in total. The molecule has 0 fully saturated rings. The lowest BCUT2D eigenvalue weighted by atomic mass is 10.2. The maximum Gasteiger partial charge on any atom is 0.322 e. The molecular formula is C12H21ClN4O2. The number of aromatic nitrogens is 3. The van der Waals surface area contributed by atoms with Gasteiger partial charge in [0.15, 0.2) is 0 Å². The first-order valence-corrected chi connectivity index (χ1v) is 6.92. The summed E-state index contributed by atoms with van der Waals surface area (Å²) in [6, 6.07) is 0.234. The molecule has 108 valence electrons. The van der Waals surface area contributed by atoms with Gasteiger partial charge in [-0.05, 0) is 38.3 Å². The van der Waals surface area contributed by atoms with Crippen LogP contribution in [0.15, 0.2) is 0 Å². The zero-order chi connectivity index (χ0) is 14.1. The average molecular weight is 289 g/mol. The molecule has 19 heavy (non-hydrogen) atoms. The Morgan fingerprint density at radius 2 is 1.89 bits per heavy atom. The summed E-state index contributed by atoms with van der Waals surface area (Å²) in [6.07, 6.45) is 3.91. The van der Waals surface area contributed by atoms with E-state index < -0.39 is 0 Å². The van der Waals surface area contributed by atoms with Gasteiger partial charge in [0.05, 0.1) is 6.10 Å². The third-order valence-electron chi connectivity index (χ3n) is 2.30. The molecule has 1 rings (SSSR count). The van der Waals surface area contributed by atoms with Crippen LogP contribution >= 0.6 is 11.6 Å². The maximum absolute atomic E-state index is 8.66. The first kappa shape index (κ1) is 15.9. The molecule has 0 atom stereocenters. The Bertz CT molecular complexity index is 377. The summed E-state index contributed by atoms with van der Waals surface area (Å²) >= 11 is 5.80. The van der Waals surface area contributed by atoms with Gasteiger partial charge in [0.1, 0.15) is 0 Å². The predicted molar refractivity (Wildman–Crippen MR) is 74.6 cm³/mol. The molecule has 0 spiro atoms. The predicted octanol–water partition coefficient (Wildman–Crippen LogP) is 2.28. The van der Waals surface area contributed by atoms with E-state index in [2.05, 4.69) is 20.3 Å². The number of nitrogens with one attached hydrogen (secondary N) is 1. The van der Waals surface area contributed by atoms with E-state index in [1.807, 2.05) is 13.8 Å². The third kappa shape index (κ3) is 7.12. The lowest BCUT2D eigenvalue weighted by Gasteiger charge is -2.09. The third-order valence-corrected chi connectivity index (χ3v) is 2.47. The fraction of sp³-hybridized carbons (Fsp3) is 0.750. The van der Waals surface area contributed by atoms with Crippen molar-refractivity contribution >= 4 is 17.5 Å². The number of rotatable bonds is 9. The Balaban J connectivity index is 2.38. The first-order valence-electron chi connectivity index (χ1n) is 6.54. The molecule has 0 aliphatic rings. The van der Waals surface area contributed by atoms with Gasteiger partial charge in [-0.2, -0.15) is 15.0 Å². The summed E-state index contributed by atoms with van der Waals surface area (Å²) in [4.78, 5) is 12.0. The topological polar surface area (TPSA) is 80.2 Å². The molecule has 0 aliphatic heterocycles. The molecule has 0 saturated heterocycles. The van der Waals surface area contributed by atoms with Gasteiger partial charge < -0.3 is 15.2 Å². The highest BCUT2D eigenvalue weighted by atomic mass is 35.5. The fourth-order valence-electron chi connectivity index (χ4n) is 1.47. The van der Waals surface area contributed by atoms with Crippen LogP contribution in [0, 0.1) is 0 Å². The molecule has 2 N–H and O–H groups in total. The van der Waals surface area contributed by atoms with E-state index in [4.69, 9.17) is 21.4 Å². The molecule has 0 radical (unpaired) electrons. The number of nitrogens with zero attached hydrogens (tertiary/aromatic N) is 3. The van der Waals surface area contributed by atoms with Gasteiger partial charge in [0, 0.05) is 13.2 Å². The molecule has 0 bridgehead atoms. The second-order valence-electron chi connectivity index (χ2n) is 4.44. The van der Waals surface area contributed by atoms with Gasteiger partial charge in [-0.1, -0.05) is 12.8 Å². The molecule has 0 aliphatic carbocycles. The standard InChI is InChI=1S/C12H21ClN4O2/c1-9(2)19-12-16-10(13)15-11(17-12)14-7-5-3-4-6-8-18/h9,18H,3-8H2,1-2H3,(H,14,15,16,17). The van der Waals surface area contributed by atoms with Gasteiger partial charge in [0.25, 0.3) is 0 Å². The van der Waals surface area contributed by atoms with Crippen molar-refractivity contribution in [1.82, 2.24) is 15.0 Å². The summed E-state index contributed by atoms with van der Waals surface area (Å²) in [7, 11) is 0. The highest BCUT2D eigenvalue weighted by molar-refractivity contribution is 6.28. The van der Waals surface area contributed by atoms with Gasteiger partial charge in [-0.25, -0.2) is 0 Å². The zero-order valence-corrected chi connectivity index (χ0v) is 12.2. The Labute approximate surface area is 118 Å². The van der Waals surface area contributed by atoms with Crippen molar-refractivity contribution in [2.24, 2.45) is 0 Å². The normalized spacial score (nSPS) is 10.8. The van der Waals surface area contributed by atoms with Crippen LogP contribution in [0.3, 0.4) is 0 Å². The van der Waals surface area contributed by atoms with Crippen molar-refractivity contribution in [1.29, 1.82) is 0 Å². The minimum absolute atomic E-state index is 0.00945. The second kappa shape index (κ2) is 8.87. The number of anilines is 1. The summed E-state index contributed by atoms with van der Waals surface area (Å²) in [5.41, 5.74) is 0. The molecule has 0 saturated carbocycles. The van der Waals surface area contributed by atoms with Crippen LogP contribution in [-0.4, -0.2) is 39.3 Å². The quantitative estimate of drug-likeness (QED) is 0.679. The number of unbranched alkanes of at least 4 members (excludes halogenated alkanes) is 3. The van der Waals surface area contributed by atoms with Crippen molar-refractivity contribution < 1.29 is 9.84 Å². The van der Waals surface area contributed by atoms with E-state index in [-0.39, 0.29) is 24.0 Å². The van der Waals surface area contributed by atoms with Crippen molar-refractivity contribution in [2.75, 3.05) is 18.5 Å². The number of ether oxygens (including phenoxy) is 1. The lowest BCUT2D eigenvalue weighted by molar-refractivity contribution is 0.222. The highest BCUT2D eigenvalue weighted by Gasteiger charge is 2.07. The zero-order valence-electron chi connectivity index (χ0n) is 11.4. The molecule has 1 aromatic rings. The monoisotopic (exact) mass is 288 g/mol. The molecule has 7 heteroatoms. The van der Waals surface area contributed by atoms with Crippen molar-refractivity contribution in [3.8, 4) is 6.01 Å². The molecule has 0 aromatic carbocycles. The Hall–Kier alpha value is -1.14. The molecule has 0 amide bonds. The van der Waals surface area contributed by atoms with E-state index in [1.54, 1.807) is 0 Å². The summed E-state index contributed by atoms with van der Waals surface area (Å²) in [5.74, 6) is 0.429. The van der Waals surface area contributed by atoms with Crippen LogP contribution in [0.1, 0.15) is 39.5 Å². The van der Waals surface area contributed by atoms with Gasteiger partial charge in [-0.15, -0.1) is 0 Å². The van der Waals surface area contributed by atoms with Crippen molar-refractivity contribution in [2.45, 2.75) is 45.6 Å². The number of halogens is 1. The fourth-order valence-corrected chi connectivity index (χ4v) is 1.62. The van der Waals surface area contributed by atoms with E-state index in [1.165, 1.54) is 0 Å². The summed E-state index contributed by atoms with van der Waals surface area (Å²) < 4.78 is 5.38. The first-order chi connectivity index (χ1) is 9.11. The summed E-state index contributed by atoms with van der Waals surface area (Å²) in [6.45, 7) is 4.80. The van der Waals surface area contributed by atoms with E-state index in [9.17, 15) is 0 Å². The van der Waals surface area contributed by atoms with Crippen LogP contribution in [0.2, 0.25) is 5.28 Å². The number of aliphatic hydroxyl groups excluding tert-OH is 1. The Kier molecular flexibility index (Phi) is 7.43. The summed E-state index contributed by atoms with van der Waals surface area (Å²) in [5, 5.41) is 11.9. The Morgan fingerprint density at radius 3 is 2.58 bits per heavy atom. The molecule has 0 unspecified atom stereocenters. The molecule has 1 aromatic heterocycles. The van der Waals surface area contributed by atoms with E-state index in [0.717, 1.165) is 32.2 Å². The number of aliphatic hydroxyl groups is 1. The van der Waals surface area contributed by atoms with Crippen LogP contribution in [-0.2, 0) is 0 Å². The number of hydrogen-bond acceptors (Lipinski definition) is 6. The lowest BCUT2D eigenvalue weighted by Crippen LogP contribution is -2.12. The van der Waals surface area contributed by atoms with Crippen LogP contribution in [0.25, 0.3) is 0 Å². The van der Waals surface area contributed by atoms with Crippen LogP contribution < -0.4 is 10.1 Å². The largest absolute Gasteiger partial charge is 0.461 e. The second-order valence-corrected chi connectivity index (χ2v) is 4.78. The van der Waals surface area contributed by atoms with Gasteiger partial charge >= 0.3 is 6.01 Å².